The number of hydrogen-bond acceptors (Lipinski definition) is 6. The number of carbonyl (C=O) groups is 2. The third-order valence-corrected chi connectivity index (χ3v) is 4.79. The van der Waals surface area contributed by atoms with Crippen molar-refractivity contribution in [2.45, 2.75) is 32.4 Å². The van der Waals surface area contributed by atoms with Crippen molar-refractivity contribution in [3.05, 3.63) is 54.1 Å². The molecule has 1 aliphatic rings. The Labute approximate surface area is 170 Å². The van der Waals surface area contributed by atoms with E-state index < -0.39 is 6.04 Å². The third kappa shape index (κ3) is 5.99. The summed E-state index contributed by atoms with van der Waals surface area (Å²) >= 11 is 0. The first-order valence-electron chi connectivity index (χ1n) is 9.91. The van der Waals surface area contributed by atoms with Gasteiger partial charge in [-0.15, -0.1) is 0 Å². The van der Waals surface area contributed by atoms with Crippen LogP contribution in [-0.4, -0.2) is 59.0 Å². The Morgan fingerprint density at radius 3 is 3.00 bits per heavy atom. The van der Waals surface area contributed by atoms with Crippen LogP contribution in [0.25, 0.3) is 0 Å². The normalized spacial score (nSPS) is 16.9. The SMILES string of the molecule is CCOc1ccccc1CN1CCNC(=O)C1CC(=O)NCCc1cnccn1. The summed E-state index contributed by atoms with van der Waals surface area (Å²) < 4.78 is 5.70. The molecule has 29 heavy (non-hydrogen) atoms. The summed E-state index contributed by atoms with van der Waals surface area (Å²) in [7, 11) is 0. The highest BCUT2D eigenvalue weighted by atomic mass is 16.5. The molecule has 1 unspecified atom stereocenters. The lowest BCUT2D eigenvalue weighted by molar-refractivity contribution is -0.134. The van der Waals surface area contributed by atoms with E-state index in [9.17, 15) is 9.59 Å². The van der Waals surface area contributed by atoms with Gasteiger partial charge in [0.2, 0.25) is 11.8 Å². The highest BCUT2D eigenvalue weighted by Crippen LogP contribution is 2.22. The fourth-order valence-electron chi connectivity index (χ4n) is 3.36. The van der Waals surface area contributed by atoms with Gasteiger partial charge >= 0.3 is 0 Å². The van der Waals surface area contributed by atoms with Crippen molar-refractivity contribution in [3.8, 4) is 5.75 Å². The Balaban J connectivity index is 1.58. The molecule has 2 N–H and O–H groups in total. The van der Waals surface area contributed by atoms with Crippen molar-refractivity contribution in [1.29, 1.82) is 0 Å². The molecule has 2 amide bonds. The van der Waals surface area contributed by atoms with Crippen LogP contribution in [0.1, 0.15) is 24.6 Å². The van der Waals surface area contributed by atoms with Crippen LogP contribution in [0.4, 0.5) is 0 Å². The van der Waals surface area contributed by atoms with Crippen molar-refractivity contribution in [3.63, 3.8) is 0 Å². The predicted octanol–water partition coefficient (Wildman–Crippen LogP) is 0.925. The van der Waals surface area contributed by atoms with Crippen molar-refractivity contribution in [1.82, 2.24) is 25.5 Å². The fourth-order valence-corrected chi connectivity index (χ4v) is 3.36. The van der Waals surface area contributed by atoms with E-state index in [-0.39, 0.29) is 18.2 Å². The molecule has 1 atom stereocenters. The molecule has 2 aromatic rings. The maximum absolute atomic E-state index is 12.5. The number of carbonyl (C=O) groups excluding carboxylic acids is 2. The smallest absolute Gasteiger partial charge is 0.237 e. The number of piperazine rings is 1. The Bertz CT molecular complexity index is 815. The summed E-state index contributed by atoms with van der Waals surface area (Å²) in [6.45, 7) is 4.79. The van der Waals surface area contributed by atoms with E-state index in [1.807, 2.05) is 36.1 Å². The molecule has 1 aliphatic heterocycles. The van der Waals surface area contributed by atoms with Gasteiger partial charge < -0.3 is 15.4 Å². The molecule has 0 aliphatic carbocycles. The molecule has 1 aromatic heterocycles. The van der Waals surface area contributed by atoms with Gasteiger partial charge in [0.05, 0.1) is 24.8 Å². The predicted molar refractivity (Wildman–Crippen MR) is 108 cm³/mol. The van der Waals surface area contributed by atoms with Crippen molar-refractivity contribution in [2.75, 3.05) is 26.2 Å². The van der Waals surface area contributed by atoms with Gasteiger partial charge in [0, 0.05) is 56.8 Å². The van der Waals surface area contributed by atoms with Gasteiger partial charge in [-0.25, -0.2) is 0 Å². The standard InChI is InChI=1S/C21H27N5O3/c1-2-29-19-6-4-3-5-16(19)15-26-12-11-25-21(28)18(26)13-20(27)24-8-7-17-14-22-9-10-23-17/h3-6,9-10,14,18H,2,7-8,11-13,15H2,1H3,(H,24,27)(H,25,28). The topological polar surface area (TPSA) is 96.5 Å². The largest absolute Gasteiger partial charge is 0.494 e. The second-order valence-electron chi connectivity index (χ2n) is 6.82. The molecule has 0 saturated carbocycles. The summed E-state index contributed by atoms with van der Waals surface area (Å²) in [5, 5.41) is 5.74. The van der Waals surface area contributed by atoms with E-state index >= 15 is 0 Å². The first-order valence-corrected chi connectivity index (χ1v) is 9.91. The number of amides is 2. The van der Waals surface area contributed by atoms with Crippen LogP contribution in [0.5, 0.6) is 5.75 Å². The van der Waals surface area contributed by atoms with Crippen LogP contribution in [0, 0.1) is 0 Å². The van der Waals surface area contributed by atoms with Crippen molar-refractivity contribution in [2.24, 2.45) is 0 Å². The first-order chi connectivity index (χ1) is 14.2. The van der Waals surface area contributed by atoms with E-state index in [0.29, 0.717) is 39.2 Å². The van der Waals surface area contributed by atoms with E-state index in [0.717, 1.165) is 17.0 Å². The fraction of sp³-hybridized carbons (Fsp3) is 0.429. The van der Waals surface area contributed by atoms with Crippen LogP contribution in [0.15, 0.2) is 42.9 Å². The van der Waals surface area contributed by atoms with Crippen molar-refractivity contribution < 1.29 is 14.3 Å². The lowest BCUT2D eigenvalue weighted by atomic mass is 10.1. The van der Waals surface area contributed by atoms with E-state index in [2.05, 4.69) is 20.6 Å². The van der Waals surface area contributed by atoms with Crippen molar-refractivity contribution >= 4 is 11.8 Å². The summed E-state index contributed by atoms with van der Waals surface area (Å²) in [4.78, 5) is 35.1. The van der Waals surface area contributed by atoms with E-state index in [1.54, 1.807) is 18.6 Å². The quantitative estimate of drug-likeness (QED) is 0.653. The number of aromatic nitrogens is 2. The first kappa shape index (κ1) is 20.7. The Hall–Kier alpha value is -3.00. The number of ether oxygens (including phenoxy) is 1. The number of hydrogen-bond donors (Lipinski definition) is 2. The lowest BCUT2D eigenvalue weighted by Crippen LogP contribution is -2.56. The van der Waals surface area contributed by atoms with Crippen LogP contribution < -0.4 is 15.4 Å². The molecule has 3 rings (SSSR count). The monoisotopic (exact) mass is 397 g/mol. The average molecular weight is 397 g/mol. The molecular weight excluding hydrogens is 370 g/mol. The molecule has 1 fully saturated rings. The zero-order valence-electron chi connectivity index (χ0n) is 16.6. The average Bonchev–Trinajstić information content (AvgIpc) is 2.73. The second-order valence-corrected chi connectivity index (χ2v) is 6.82. The summed E-state index contributed by atoms with van der Waals surface area (Å²) in [5.41, 5.74) is 1.83. The van der Waals surface area contributed by atoms with Crippen LogP contribution in [-0.2, 0) is 22.6 Å². The van der Waals surface area contributed by atoms with Crippen LogP contribution in [0.2, 0.25) is 0 Å². The molecule has 1 aromatic carbocycles. The molecule has 154 valence electrons. The summed E-state index contributed by atoms with van der Waals surface area (Å²) in [5.74, 6) is 0.543. The maximum atomic E-state index is 12.5. The minimum Gasteiger partial charge on any atom is -0.494 e. The number of nitrogens with zero attached hydrogens (tertiary/aromatic N) is 3. The lowest BCUT2D eigenvalue weighted by Gasteiger charge is -2.35. The zero-order chi connectivity index (χ0) is 20.5. The van der Waals surface area contributed by atoms with E-state index in [4.69, 9.17) is 4.74 Å². The molecule has 0 bridgehead atoms. The van der Waals surface area contributed by atoms with Gasteiger partial charge in [-0.3, -0.25) is 24.5 Å². The highest BCUT2D eigenvalue weighted by molar-refractivity contribution is 5.88. The molecule has 2 heterocycles. The Morgan fingerprint density at radius 1 is 1.34 bits per heavy atom. The van der Waals surface area contributed by atoms with Crippen LogP contribution in [0.3, 0.4) is 0 Å². The molecule has 0 radical (unpaired) electrons. The summed E-state index contributed by atoms with van der Waals surface area (Å²) in [6, 6.07) is 7.30. The van der Waals surface area contributed by atoms with Gasteiger partial charge in [-0.1, -0.05) is 18.2 Å². The number of para-hydroxylation sites is 1. The van der Waals surface area contributed by atoms with Crippen LogP contribution >= 0.6 is 0 Å². The second kappa shape index (κ2) is 10.5. The number of rotatable bonds is 9. The van der Waals surface area contributed by atoms with Gasteiger partial charge in [0.25, 0.3) is 0 Å². The molecule has 1 saturated heterocycles. The Morgan fingerprint density at radius 2 is 2.21 bits per heavy atom. The van der Waals surface area contributed by atoms with Gasteiger partial charge in [-0.2, -0.15) is 0 Å². The molecular formula is C21H27N5O3. The minimum atomic E-state index is -0.505. The van der Waals surface area contributed by atoms with E-state index in [1.165, 1.54) is 0 Å². The number of nitrogens with one attached hydrogen (secondary N) is 2. The molecule has 0 spiro atoms. The molecule has 8 nitrogen and oxygen atoms in total. The van der Waals surface area contributed by atoms with Gasteiger partial charge in [0.1, 0.15) is 5.75 Å². The summed E-state index contributed by atoms with van der Waals surface area (Å²) in [6.07, 6.45) is 5.63. The Kier molecular flexibility index (Phi) is 7.52. The zero-order valence-corrected chi connectivity index (χ0v) is 16.6. The third-order valence-electron chi connectivity index (χ3n) is 4.79. The molecule has 8 heteroatoms. The highest BCUT2D eigenvalue weighted by Gasteiger charge is 2.31. The van der Waals surface area contributed by atoms with Gasteiger partial charge in [0.15, 0.2) is 0 Å². The number of benzene rings is 1. The minimum absolute atomic E-state index is 0.114. The van der Waals surface area contributed by atoms with Gasteiger partial charge in [-0.05, 0) is 13.0 Å². The maximum Gasteiger partial charge on any atom is 0.237 e.